The minimum atomic E-state index is 0.789. The summed E-state index contributed by atoms with van der Waals surface area (Å²) in [5.74, 6) is 2.63. The Hall–Kier alpha value is -1.64. The van der Waals surface area contributed by atoms with E-state index >= 15 is 0 Å². The lowest BCUT2D eigenvalue weighted by Crippen LogP contribution is -2.20. The van der Waals surface area contributed by atoms with Gasteiger partial charge in [-0.15, -0.1) is 5.10 Å². The number of nitrogens with zero attached hydrogens (tertiary/aromatic N) is 2. The third kappa shape index (κ3) is 2.86. The van der Waals surface area contributed by atoms with Gasteiger partial charge in [0.1, 0.15) is 0 Å². The summed E-state index contributed by atoms with van der Waals surface area (Å²) in [6.45, 7) is 3.38. The second kappa shape index (κ2) is 5.55. The fourth-order valence-electron chi connectivity index (χ4n) is 2.93. The van der Waals surface area contributed by atoms with Crippen LogP contribution in [0.5, 0.6) is 0 Å². The molecule has 0 spiro atoms. The van der Waals surface area contributed by atoms with Crippen molar-refractivity contribution in [2.24, 2.45) is 11.8 Å². The van der Waals surface area contributed by atoms with E-state index in [0.29, 0.717) is 0 Å². The number of hydrogen-bond donors (Lipinski definition) is 1. The minimum Gasteiger partial charge on any atom is -0.368 e. The summed E-state index contributed by atoms with van der Waals surface area (Å²) in [5.41, 5.74) is 0. The molecule has 1 fully saturated rings. The van der Waals surface area contributed by atoms with Crippen molar-refractivity contribution in [3.8, 4) is 0 Å². The first-order chi connectivity index (χ1) is 9.33. The predicted molar refractivity (Wildman–Crippen MR) is 79.1 cm³/mol. The van der Waals surface area contributed by atoms with E-state index in [1.807, 2.05) is 12.3 Å². The predicted octanol–water partition coefficient (Wildman–Crippen LogP) is 3.87. The molecule has 0 aliphatic heterocycles. The first-order valence-electron chi connectivity index (χ1n) is 7.27. The molecule has 1 N–H and O–H groups in total. The van der Waals surface area contributed by atoms with Crippen LogP contribution in [0.3, 0.4) is 0 Å². The summed E-state index contributed by atoms with van der Waals surface area (Å²) in [4.78, 5) is 0. The highest BCUT2D eigenvalue weighted by Gasteiger charge is 2.18. The Bertz CT molecular complexity index is 539. The van der Waals surface area contributed by atoms with Gasteiger partial charge < -0.3 is 5.32 Å². The molecule has 3 nitrogen and oxygen atoms in total. The Labute approximate surface area is 114 Å². The lowest BCUT2D eigenvalue weighted by atomic mass is 9.83. The van der Waals surface area contributed by atoms with Crippen molar-refractivity contribution >= 4 is 16.6 Å². The molecule has 0 atom stereocenters. The topological polar surface area (TPSA) is 37.8 Å². The second-order valence-corrected chi connectivity index (χ2v) is 5.79. The van der Waals surface area contributed by atoms with Crippen LogP contribution in [0.1, 0.15) is 32.6 Å². The van der Waals surface area contributed by atoms with Crippen LogP contribution in [0.2, 0.25) is 0 Å². The van der Waals surface area contributed by atoms with Gasteiger partial charge in [-0.2, -0.15) is 5.10 Å². The van der Waals surface area contributed by atoms with E-state index in [1.165, 1.54) is 31.1 Å². The quantitative estimate of drug-likeness (QED) is 0.904. The molecule has 100 valence electrons. The third-order valence-corrected chi connectivity index (χ3v) is 4.26. The van der Waals surface area contributed by atoms with Crippen molar-refractivity contribution in [2.45, 2.75) is 32.6 Å². The summed E-state index contributed by atoms with van der Waals surface area (Å²) in [6, 6.07) is 8.28. The summed E-state index contributed by atoms with van der Waals surface area (Å²) in [6.07, 6.45) is 7.24. The van der Waals surface area contributed by atoms with Gasteiger partial charge in [-0.3, -0.25) is 0 Å². The normalized spacial score (nSPS) is 23.4. The number of rotatable bonds is 3. The number of benzene rings is 1. The number of aromatic nitrogens is 2. The molecular formula is C16H21N3. The van der Waals surface area contributed by atoms with E-state index in [4.69, 9.17) is 0 Å². The Balaban J connectivity index is 1.68. The number of fused-ring (bicyclic) bond motifs is 1. The van der Waals surface area contributed by atoms with E-state index in [9.17, 15) is 0 Å². The molecule has 2 aromatic rings. The fraction of sp³-hybridized carbons (Fsp3) is 0.500. The second-order valence-electron chi connectivity index (χ2n) is 5.79. The minimum absolute atomic E-state index is 0.789. The molecule has 0 amide bonds. The smallest absolute Gasteiger partial charge is 0.156 e. The van der Waals surface area contributed by atoms with Crippen molar-refractivity contribution in [2.75, 3.05) is 11.9 Å². The first-order valence-corrected chi connectivity index (χ1v) is 7.27. The van der Waals surface area contributed by atoms with Crippen LogP contribution in [-0.4, -0.2) is 16.7 Å². The van der Waals surface area contributed by atoms with E-state index in [2.05, 4.69) is 40.6 Å². The summed E-state index contributed by atoms with van der Waals surface area (Å²) in [7, 11) is 0. The lowest BCUT2D eigenvalue weighted by Gasteiger charge is -2.26. The van der Waals surface area contributed by atoms with E-state index in [-0.39, 0.29) is 0 Å². The van der Waals surface area contributed by atoms with E-state index in [0.717, 1.165) is 29.6 Å². The monoisotopic (exact) mass is 255 g/mol. The van der Waals surface area contributed by atoms with Gasteiger partial charge >= 0.3 is 0 Å². The maximum absolute atomic E-state index is 4.25. The summed E-state index contributed by atoms with van der Waals surface area (Å²) < 4.78 is 0. The fourth-order valence-corrected chi connectivity index (χ4v) is 2.93. The van der Waals surface area contributed by atoms with Crippen LogP contribution in [0.15, 0.2) is 30.5 Å². The van der Waals surface area contributed by atoms with Crippen molar-refractivity contribution < 1.29 is 0 Å². The largest absolute Gasteiger partial charge is 0.368 e. The van der Waals surface area contributed by atoms with Crippen LogP contribution in [0.25, 0.3) is 10.8 Å². The van der Waals surface area contributed by atoms with Gasteiger partial charge in [-0.05, 0) is 24.7 Å². The molecule has 0 radical (unpaired) electrons. The van der Waals surface area contributed by atoms with Gasteiger partial charge in [0.2, 0.25) is 0 Å². The van der Waals surface area contributed by atoms with Crippen LogP contribution >= 0.6 is 0 Å². The maximum Gasteiger partial charge on any atom is 0.156 e. The molecule has 19 heavy (non-hydrogen) atoms. The summed E-state index contributed by atoms with van der Waals surface area (Å²) in [5, 5.41) is 14.1. The Morgan fingerprint density at radius 2 is 1.95 bits per heavy atom. The zero-order chi connectivity index (χ0) is 13.1. The number of hydrogen-bond acceptors (Lipinski definition) is 3. The molecule has 0 saturated heterocycles. The maximum atomic E-state index is 4.25. The average molecular weight is 255 g/mol. The molecule has 3 heteroatoms. The van der Waals surface area contributed by atoms with Crippen molar-refractivity contribution in [3.05, 3.63) is 30.5 Å². The van der Waals surface area contributed by atoms with Gasteiger partial charge in [0.15, 0.2) is 5.82 Å². The van der Waals surface area contributed by atoms with Gasteiger partial charge in [-0.1, -0.05) is 44.0 Å². The molecule has 1 aliphatic rings. The average Bonchev–Trinajstić information content (AvgIpc) is 2.47. The highest BCUT2D eigenvalue weighted by molar-refractivity contribution is 5.90. The van der Waals surface area contributed by atoms with E-state index < -0.39 is 0 Å². The molecule has 3 rings (SSSR count). The highest BCUT2D eigenvalue weighted by Crippen LogP contribution is 2.28. The molecule has 1 aromatic carbocycles. The van der Waals surface area contributed by atoms with Crippen molar-refractivity contribution in [3.63, 3.8) is 0 Å². The lowest BCUT2D eigenvalue weighted by molar-refractivity contribution is 0.300. The molecule has 0 unspecified atom stereocenters. The third-order valence-electron chi connectivity index (χ3n) is 4.26. The van der Waals surface area contributed by atoms with Crippen molar-refractivity contribution in [1.82, 2.24) is 10.2 Å². The molecule has 0 bridgehead atoms. The number of anilines is 1. The van der Waals surface area contributed by atoms with Crippen molar-refractivity contribution in [1.29, 1.82) is 0 Å². The van der Waals surface area contributed by atoms with Gasteiger partial charge in [0.05, 0.1) is 6.20 Å². The number of nitrogens with one attached hydrogen (secondary N) is 1. The molecule has 1 aromatic heterocycles. The van der Waals surface area contributed by atoms with Gasteiger partial charge in [0.25, 0.3) is 0 Å². The zero-order valence-corrected chi connectivity index (χ0v) is 11.5. The van der Waals surface area contributed by atoms with E-state index in [1.54, 1.807) is 0 Å². The van der Waals surface area contributed by atoms with Gasteiger partial charge in [0, 0.05) is 17.3 Å². The Kier molecular flexibility index (Phi) is 3.62. The highest BCUT2D eigenvalue weighted by atomic mass is 15.2. The molecule has 1 heterocycles. The Morgan fingerprint density at radius 3 is 2.79 bits per heavy atom. The van der Waals surface area contributed by atoms with Crippen LogP contribution in [0.4, 0.5) is 5.82 Å². The van der Waals surface area contributed by atoms with Crippen LogP contribution in [-0.2, 0) is 0 Å². The standard InChI is InChI=1S/C16H21N3/c1-12-6-8-13(9-7-12)10-17-16-15-5-3-2-4-14(15)11-18-19-16/h2-5,11-13H,6-10H2,1H3,(H,17,19). The SMILES string of the molecule is CC1CCC(CNc2nncc3ccccc23)CC1. The van der Waals surface area contributed by atoms with Crippen LogP contribution < -0.4 is 5.32 Å². The zero-order valence-electron chi connectivity index (χ0n) is 11.5. The van der Waals surface area contributed by atoms with Gasteiger partial charge in [-0.25, -0.2) is 0 Å². The molecule has 1 saturated carbocycles. The molecule has 1 aliphatic carbocycles. The Morgan fingerprint density at radius 1 is 1.16 bits per heavy atom. The first kappa shape index (κ1) is 12.4. The molecular weight excluding hydrogens is 234 g/mol. The van der Waals surface area contributed by atoms with Crippen LogP contribution in [0, 0.1) is 11.8 Å². The summed E-state index contributed by atoms with van der Waals surface area (Å²) >= 11 is 0.